The van der Waals surface area contributed by atoms with Crippen molar-refractivity contribution in [2.75, 3.05) is 5.32 Å². The largest absolute Gasteiger partial charge is 0.543 e. The normalized spacial score (nSPS) is 13.9. The van der Waals surface area contributed by atoms with Crippen LogP contribution in [0.3, 0.4) is 0 Å². The van der Waals surface area contributed by atoms with E-state index in [2.05, 4.69) is 90.0 Å². The molecule has 0 fully saturated rings. The Morgan fingerprint density at radius 2 is 1.51 bits per heavy atom. The molecule has 0 unspecified atom stereocenters. The molecule has 2 aromatic carbocycles. The molecule has 0 spiro atoms. The predicted molar refractivity (Wildman–Crippen MR) is 181 cm³/mol. The van der Waals surface area contributed by atoms with Gasteiger partial charge in [-0.2, -0.15) is 5.26 Å². The van der Waals surface area contributed by atoms with Crippen LogP contribution in [0.1, 0.15) is 70.0 Å². The van der Waals surface area contributed by atoms with Gasteiger partial charge in [0.2, 0.25) is 0 Å². The van der Waals surface area contributed by atoms with Crippen LogP contribution in [0.15, 0.2) is 30.3 Å². The van der Waals surface area contributed by atoms with Gasteiger partial charge in [0.1, 0.15) is 17.9 Å². The highest BCUT2D eigenvalue weighted by Gasteiger charge is 2.41. The van der Waals surface area contributed by atoms with Gasteiger partial charge in [-0.15, -0.1) is 0 Å². The van der Waals surface area contributed by atoms with Crippen LogP contribution in [0, 0.1) is 18.3 Å². The summed E-state index contributed by atoms with van der Waals surface area (Å²) in [7, 11) is -4.40. The van der Waals surface area contributed by atoms with Gasteiger partial charge >= 0.3 is 0 Å². The Balaban J connectivity index is 2.28. The first-order chi connectivity index (χ1) is 19.5. The van der Waals surface area contributed by atoms with E-state index in [0.29, 0.717) is 32.6 Å². The number of nitrogens with zero attached hydrogens (tertiary/aromatic N) is 1. The molecule has 3 N–H and O–H groups in total. The quantitative estimate of drug-likeness (QED) is 0.184. The summed E-state index contributed by atoms with van der Waals surface area (Å²) in [6.45, 7) is 24.8. The molecule has 2 atom stereocenters. The van der Waals surface area contributed by atoms with E-state index in [1.54, 1.807) is 31.2 Å². The number of hydrogen-bond donors (Lipinski definition) is 3. The van der Waals surface area contributed by atoms with E-state index in [9.17, 15) is 14.9 Å². The fourth-order valence-corrected chi connectivity index (χ4v) is 6.57. The third kappa shape index (κ3) is 8.99. The van der Waals surface area contributed by atoms with E-state index in [-0.39, 0.29) is 15.6 Å². The number of carbonyl (C=O) groups excluding carboxylic acids is 2. The molecular weight excluding hydrogens is 619 g/mol. The number of halogens is 2. The van der Waals surface area contributed by atoms with Gasteiger partial charge < -0.3 is 14.2 Å². The van der Waals surface area contributed by atoms with Crippen LogP contribution in [0.25, 0.3) is 0 Å². The first-order valence-electron chi connectivity index (χ1n) is 14.2. The summed E-state index contributed by atoms with van der Waals surface area (Å²) in [5.41, 5.74) is 6.83. The number of hydrogen-bond acceptors (Lipinski definition) is 6. The fraction of sp³-hybridized carbons (Fsp3) is 0.516. The van der Waals surface area contributed by atoms with Crippen LogP contribution >= 0.6 is 23.2 Å². The van der Waals surface area contributed by atoms with Gasteiger partial charge in [-0.05, 0) is 86.0 Å². The second kappa shape index (κ2) is 13.6. The maximum Gasteiger partial charge on any atom is 0.269 e. The summed E-state index contributed by atoms with van der Waals surface area (Å²) >= 11 is 12.9. The lowest BCUT2D eigenvalue weighted by molar-refractivity contribution is -0.124. The highest BCUT2D eigenvalue weighted by atomic mass is 35.5. The van der Waals surface area contributed by atoms with Gasteiger partial charge in [0.25, 0.3) is 20.1 Å². The van der Waals surface area contributed by atoms with E-state index >= 15 is 0 Å². The molecule has 0 bridgehead atoms. The zero-order valence-corrected chi connectivity index (χ0v) is 30.9. The number of hydrazine groups is 1. The number of nitrogens with one attached hydrogen (secondary N) is 3. The van der Waals surface area contributed by atoms with Gasteiger partial charge in [0, 0.05) is 11.3 Å². The average molecular weight is 666 g/mol. The molecule has 236 valence electrons. The van der Waals surface area contributed by atoms with Crippen molar-refractivity contribution in [3.05, 3.63) is 57.1 Å². The number of nitriles is 1. The third-order valence-corrected chi connectivity index (χ3v) is 18.2. The first kappa shape index (κ1) is 36.6. The average Bonchev–Trinajstić information content (AvgIpc) is 2.87. The summed E-state index contributed by atoms with van der Waals surface area (Å²) in [6, 6.07) is 9.26. The van der Waals surface area contributed by atoms with Crippen molar-refractivity contribution >= 4 is 57.3 Å². The minimum atomic E-state index is -2.27. The van der Waals surface area contributed by atoms with E-state index in [1.807, 2.05) is 6.92 Å². The molecule has 2 aromatic rings. The number of anilines is 1. The highest BCUT2D eigenvalue weighted by molar-refractivity contribution is 6.75. The van der Waals surface area contributed by atoms with Crippen LogP contribution in [0.4, 0.5) is 5.69 Å². The van der Waals surface area contributed by atoms with Gasteiger partial charge in [-0.1, -0.05) is 64.7 Å². The number of benzene rings is 2. The molecule has 0 heterocycles. The minimum absolute atomic E-state index is 0.0195. The number of amides is 2. The molecule has 0 aliphatic rings. The summed E-state index contributed by atoms with van der Waals surface area (Å²) in [6.07, 6.45) is -0.576. The van der Waals surface area contributed by atoms with Gasteiger partial charge in [-0.25, -0.2) is 0 Å². The second-order valence-electron chi connectivity index (χ2n) is 13.9. The Hall–Kier alpha value is -2.56. The molecular formula is C31H46Cl2N4O4Si2. The first-order valence-corrected chi connectivity index (χ1v) is 20.8. The molecule has 0 saturated heterocycles. The van der Waals surface area contributed by atoms with Crippen molar-refractivity contribution in [1.29, 1.82) is 5.26 Å². The second-order valence-corrected chi connectivity index (χ2v) is 24.1. The van der Waals surface area contributed by atoms with Crippen molar-refractivity contribution in [1.82, 2.24) is 10.9 Å². The van der Waals surface area contributed by atoms with Crippen molar-refractivity contribution < 1.29 is 18.4 Å². The molecule has 2 amide bonds. The van der Waals surface area contributed by atoms with E-state index in [4.69, 9.17) is 32.1 Å². The van der Waals surface area contributed by atoms with Crippen LogP contribution in [-0.2, 0) is 9.22 Å². The lowest BCUT2D eigenvalue weighted by atomic mass is 10.1. The predicted octanol–water partition coefficient (Wildman–Crippen LogP) is 8.21. The lowest BCUT2D eigenvalue weighted by Gasteiger charge is -2.40. The molecule has 12 heteroatoms. The Morgan fingerprint density at radius 3 is 2.02 bits per heavy atom. The monoisotopic (exact) mass is 664 g/mol. The Bertz CT molecular complexity index is 1400. The molecule has 2 rings (SSSR count). The van der Waals surface area contributed by atoms with Crippen molar-refractivity contribution in [3.8, 4) is 11.8 Å². The molecule has 0 aliphatic heterocycles. The molecule has 0 aromatic heterocycles. The molecule has 0 aliphatic carbocycles. The van der Waals surface area contributed by atoms with Crippen LogP contribution in [-0.4, -0.2) is 40.6 Å². The van der Waals surface area contributed by atoms with Crippen LogP contribution < -0.4 is 20.6 Å². The van der Waals surface area contributed by atoms with Crippen molar-refractivity contribution in [2.45, 2.75) is 104 Å². The van der Waals surface area contributed by atoms with Crippen molar-refractivity contribution in [2.24, 2.45) is 0 Å². The Kier molecular flexibility index (Phi) is 11.6. The summed E-state index contributed by atoms with van der Waals surface area (Å²) in [4.78, 5) is 26.6. The van der Waals surface area contributed by atoms with Crippen LogP contribution in [0.5, 0.6) is 5.75 Å². The smallest absolute Gasteiger partial charge is 0.269 e. The minimum Gasteiger partial charge on any atom is -0.543 e. The summed E-state index contributed by atoms with van der Waals surface area (Å²) in [5, 5.41) is 13.1. The van der Waals surface area contributed by atoms with Gasteiger partial charge in [-0.3, -0.25) is 20.4 Å². The Morgan fingerprint density at radius 1 is 0.930 bits per heavy atom. The third-order valence-electron chi connectivity index (χ3n) is 8.52. The molecule has 8 nitrogen and oxygen atoms in total. The van der Waals surface area contributed by atoms with Gasteiger partial charge in [0.05, 0.1) is 21.7 Å². The van der Waals surface area contributed by atoms with Crippen LogP contribution in [0.2, 0.25) is 46.3 Å². The highest BCUT2D eigenvalue weighted by Crippen LogP contribution is 2.40. The molecule has 0 saturated carbocycles. The number of carbonyl (C=O) groups is 2. The SMILES string of the molecule is Cc1c(N[C@@H](C(=O)NNC(=O)c2ccc(O[Si](C)(C)C(C)(C)C)c(Cl)c2)[C@@H](C)O[Si](C)(C)C(C)(C)C)ccc(C#N)c1Cl. The maximum atomic E-state index is 13.6. The van der Waals surface area contributed by atoms with Gasteiger partial charge in [0.15, 0.2) is 8.32 Å². The van der Waals surface area contributed by atoms with E-state index in [0.717, 1.165) is 0 Å². The maximum absolute atomic E-state index is 13.6. The zero-order valence-electron chi connectivity index (χ0n) is 27.4. The zero-order chi connectivity index (χ0) is 33.1. The molecule has 43 heavy (non-hydrogen) atoms. The standard InChI is InChI=1S/C31H46Cl2N4O4Si2/c1-19-24(15-13-22(18-34)26(19)33)35-27(20(2)40-42(9,10)30(3,4)5)29(39)37-36-28(38)21-14-16-25(23(32)17-21)41-43(11,12)31(6,7)8/h13-17,20,27,35H,1-12H3,(H,36,38)(H,37,39)/t20-,27-/m1/s1. The topological polar surface area (TPSA) is 112 Å². The Labute approximate surface area is 269 Å². The summed E-state index contributed by atoms with van der Waals surface area (Å²) < 4.78 is 12.8. The summed E-state index contributed by atoms with van der Waals surface area (Å²) in [5.74, 6) is -0.530. The number of rotatable bonds is 9. The lowest BCUT2D eigenvalue weighted by Crippen LogP contribution is -2.55. The van der Waals surface area contributed by atoms with E-state index in [1.165, 1.54) is 6.07 Å². The fourth-order valence-electron chi connectivity index (χ4n) is 3.62. The van der Waals surface area contributed by atoms with Crippen molar-refractivity contribution in [3.63, 3.8) is 0 Å². The van der Waals surface area contributed by atoms with E-state index < -0.39 is 40.6 Å². The molecule has 0 radical (unpaired) electrons.